The molecule has 0 radical (unpaired) electrons. The van der Waals surface area contributed by atoms with Crippen LogP contribution in [0.2, 0.25) is 0 Å². The second-order valence-electron chi connectivity index (χ2n) is 5.91. The largest absolute Gasteiger partial charge is 0.486 e. The van der Waals surface area contributed by atoms with E-state index in [-0.39, 0.29) is 12.4 Å². The zero-order valence-corrected chi connectivity index (χ0v) is 15.1. The second-order valence-corrected chi connectivity index (χ2v) is 5.91. The van der Waals surface area contributed by atoms with Gasteiger partial charge < -0.3 is 19.2 Å². The van der Waals surface area contributed by atoms with Crippen LogP contribution in [0.4, 0.5) is 10.1 Å². The van der Waals surface area contributed by atoms with E-state index in [2.05, 4.69) is 5.32 Å². The second kappa shape index (κ2) is 8.85. The number of benzene rings is 2. The van der Waals surface area contributed by atoms with Gasteiger partial charge in [-0.05, 0) is 55.5 Å². The summed E-state index contributed by atoms with van der Waals surface area (Å²) in [6, 6.07) is 17.5. The SMILES string of the molecule is C[C@H](OC(=O)c1ccc(COc2ccccc2)o1)C(=O)Nc1ccc(F)cc1. The zero-order valence-electron chi connectivity index (χ0n) is 15.1. The Morgan fingerprint density at radius 1 is 1.04 bits per heavy atom. The van der Waals surface area contributed by atoms with Crippen LogP contribution in [-0.2, 0) is 16.1 Å². The number of anilines is 1. The lowest BCUT2D eigenvalue weighted by Gasteiger charge is -2.12. The minimum absolute atomic E-state index is 0.0342. The fraction of sp³-hybridized carbons (Fsp3) is 0.143. The van der Waals surface area contributed by atoms with Gasteiger partial charge in [0.15, 0.2) is 6.10 Å². The van der Waals surface area contributed by atoms with Crippen molar-refractivity contribution in [1.29, 1.82) is 0 Å². The summed E-state index contributed by atoms with van der Waals surface area (Å²) in [5, 5.41) is 2.54. The number of amides is 1. The van der Waals surface area contributed by atoms with Crippen molar-refractivity contribution in [3.8, 4) is 5.75 Å². The molecule has 0 spiro atoms. The molecule has 1 atom stereocenters. The average molecular weight is 383 g/mol. The van der Waals surface area contributed by atoms with Crippen molar-refractivity contribution in [1.82, 2.24) is 0 Å². The van der Waals surface area contributed by atoms with Crippen LogP contribution in [0, 0.1) is 5.82 Å². The molecule has 1 heterocycles. The van der Waals surface area contributed by atoms with Crippen LogP contribution in [0.1, 0.15) is 23.2 Å². The average Bonchev–Trinajstić information content (AvgIpc) is 3.18. The number of rotatable bonds is 7. The van der Waals surface area contributed by atoms with E-state index in [0.717, 1.165) is 0 Å². The molecule has 0 unspecified atom stereocenters. The molecule has 0 aliphatic carbocycles. The molecule has 1 amide bonds. The third-order valence-electron chi connectivity index (χ3n) is 3.75. The van der Waals surface area contributed by atoms with Crippen LogP contribution in [0.3, 0.4) is 0 Å². The molecule has 0 fully saturated rings. The predicted molar refractivity (Wildman–Crippen MR) is 99.4 cm³/mol. The highest BCUT2D eigenvalue weighted by atomic mass is 19.1. The van der Waals surface area contributed by atoms with Crippen molar-refractivity contribution in [2.45, 2.75) is 19.6 Å². The van der Waals surface area contributed by atoms with E-state index in [9.17, 15) is 14.0 Å². The van der Waals surface area contributed by atoms with Gasteiger partial charge >= 0.3 is 5.97 Å². The Labute approximate surface area is 160 Å². The van der Waals surface area contributed by atoms with Crippen molar-refractivity contribution >= 4 is 17.6 Å². The lowest BCUT2D eigenvalue weighted by Crippen LogP contribution is -2.29. The molecule has 3 aromatic rings. The summed E-state index contributed by atoms with van der Waals surface area (Å²) in [5.74, 6) is -0.643. The highest BCUT2D eigenvalue weighted by Gasteiger charge is 2.21. The highest BCUT2D eigenvalue weighted by molar-refractivity contribution is 5.96. The molecule has 1 N–H and O–H groups in total. The Balaban J connectivity index is 1.51. The number of carbonyl (C=O) groups is 2. The Kier molecular flexibility index (Phi) is 6.06. The number of esters is 1. The highest BCUT2D eigenvalue weighted by Crippen LogP contribution is 2.15. The molecule has 0 saturated carbocycles. The standard InChI is InChI=1S/C21H18FNO5/c1-14(20(24)23-16-9-7-15(22)8-10-16)27-21(25)19-12-11-18(28-19)13-26-17-5-3-2-4-6-17/h2-12,14H,13H2,1H3,(H,23,24)/t14-/m0/s1. The minimum atomic E-state index is -1.06. The Bertz CT molecular complexity index is 937. The maximum absolute atomic E-state index is 12.9. The molecule has 0 saturated heterocycles. The van der Waals surface area contributed by atoms with Crippen molar-refractivity contribution in [2.75, 3.05) is 5.32 Å². The van der Waals surface area contributed by atoms with Crippen LogP contribution in [0.5, 0.6) is 5.75 Å². The number of carbonyl (C=O) groups excluding carboxylic acids is 2. The van der Waals surface area contributed by atoms with E-state index in [1.165, 1.54) is 37.3 Å². The number of hydrogen-bond acceptors (Lipinski definition) is 5. The number of para-hydroxylation sites is 1. The Morgan fingerprint density at radius 3 is 2.46 bits per heavy atom. The van der Waals surface area contributed by atoms with Gasteiger partial charge in [-0.2, -0.15) is 0 Å². The van der Waals surface area contributed by atoms with Crippen LogP contribution in [0.25, 0.3) is 0 Å². The number of hydrogen-bond donors (Lipinski definition) is 1. The van der Waals surface area contributed by atoms with Gasteiger partial charge in [-0.25, -0.2) is 9.18 Å². The van der Waals surface area contributed by atoms with E-state index in [1.807, 2.05) is 18.2 Å². The molecular weight excluding hydrogens is 365 g/mol. The molecular formula is C21H18FNO5. The first-order valence-corrected chi connectivity index (χ1v) is 8.55. The van der Waals surface area contributed by atoms with Gasteiger partial charge in [0.2, 0.25) is 5.76 Å². The topological polar surface area (TPSA) is 77.8 Å². The van der Waals surface area contributed by atoms with Gasteiger partial charge in [-0.1, -0.05) is 18.2 Å². The minimum Gasteiger partial charge on any atom is -0.486 e. The Morgan fingerprint density at radius 2 is 1.75 bits per heavy atom. The summed E-state index contributed by atoms with van der Waals surface area (Å²) < 4.78 is 29.0. The smallest absolute Gasteiger partial charge is 0.375 e. The van der Waals surface area contributed by atoms with Crippen LogP contribution in [-0.4, -0.2) is 18.0 Å². The van der Waals surface area contributed by atoms with E-state index >= 15 is 0 Å². The zero-order chi connectivity index (χ0) is 19.9. The van der Waals surface area contributed by atoms with Gasteiger partial charge in [0, 0.05) is 5.69 Å². The Hall–Kier alpha value is -3.61. The number of halogens is 1. The molecule has 1 aromatic heterocycles. The first-order valence-electron chi connectivity index (χ1n) is 8.55. The lowest BCUT2D eigenvalue weighted by atomic mass is 10.3. The first kappa shape index (κ1) is 19.2. The monoisotopic (exact) mass is 383 g/mol. The van der Waals surface area contributed by atoms with E-state index in [1.54, 1.807) is 18.2 Å². The molecule has 144 valence electrons. The molecule has 6 nitrogen and oxygen atoms in total. The molecule has 2 aromatic carbocycles. The van der Waals surface area contributed by atoms with Crippen molar-refractivity contribution < 1.29 is 27.9 Å². The fourth-order valence-corrected chi connectivity index (χ4v) is 2.29. The van der Waals surface area contributed by atoms with Gasteiger partial charge in [-0.15, -0.1) is 0 Å². The molecule has 0 aliphatic heterocycles. The third-order valence-corrected chi connectivity index (χ3v) is 3.75. The predicted octanol–water partition coefficient (Wildman–Crippen LogP) is 4.18. The number of nitrogens with one attached hydrogen (secondary N) is 1. The fourth-order valence-electron chi connectivity index (χ4n) is 2.29. The molecule has 0 bridgehead atoms. The summed E-state index contributed by atoms with van der Waals surface area (Å²) in [4.78, 5) is 24.3. The molecule has 0 aliphatic rings. The van der Waals surface area contributed by atoms with E-state index in [4.69, 9.17) is 13.9 Å². The number of furan rings is 1. The van der Waals surface area contributed by atoms with Crippen LogP contribution in [0.15, 0.2) is 71.1 Å². The van der Waals surface area contributed by atoms with Gasteiger partial charge in [0.1, 0.15) is 23.9 Å². The lowest BCUT2D eigenvalue weighted by molar-refractivity contribution is -0.123. The maximum atomic E-state index is 12.9. The summed E-state index contributed by atoms with van der Waals surface area (Å²) in [7, 11) is 0. The first-order chi connectivity index (χ1) is 13.5. The molecule has 7 heteroatoms. The van der Waals surface area contributed by atoms with Gasteiger partial charge in [0.05, 0.1) is 0 Å². The van der Waals surface area contributed by atoms with Gasteiger partial charge in [0.25, 0.3) is 5.91 Å². The quantitative estimate of drug-likeness (QED) is 0.619. The van der Waals surface area contributed by atoms with Crippen LogP contribution < -0.4 is 10.1 Å². The van der Waals surface area contributed by atoms with Crippen LogP contribution >= 0.6 is 0 Å². The molecule has 3 rings (SSSR count). The van der Waals surface area contributed by atoms with Crippen molar-refractivity contribution in [2.24, 2.45) is 0 Å². The summed E-state index contributed by atoms with van der Waals surface area (Å²) in [5.41, 5.74) is 0.396. The third kappa shape index (κ3) is 5.20. The van der Waals surface area contributed by atoms with E-state index in [0.29, 0.717) is 17.2 Å². The normalized spacial score (nSPS) is 11.5. The molecule has 28 heavy (non-hydrogen) atoms. The maximum Gasteiger partial charge on any atom is 0.375 e. The number of ether oxygens (including phenoxy) is 2. The van der Waals surface area contributed by atoms with Crippen molar-refractivity contribution in [3.05, 3.63) is 84.1 Å². The van der Waals surface area contributed by atoms with Crippen molar-refractivity contribution in [3.63, 3.8) is 0 Å². The van der Waals surface area contributed by atoms with E-state index < -0.39 is 23.8 Å². The summed E-state index contributed by atoms with van der Waals surface area (Å²) in [6.07, 6.45) is -1.06. The van der Waals surface area contributed by atoms with Gasteiger partial charge in [-0.3, -0.25) is 4.79 Å². The summed E-state index contributed by atoms with van der Waals surface area (Å²) in [6.45, 7) is 1.58. The summed E-state index contributed by atoms with van der Waals surface area (Å²) >= 11 is 0.